The molecule has 28 heavy (non-hydrogen) atoms. The molecule has 3 heterocycles. The smallest absolute Gasteiger partial charge is 0.117 e. The second-order valence-electron chi connectivity index (χ2n) is 7.54. The van der Waals surface area contributed by atoms with Gasteiger partial charge in [-0.15, -0.1) is 0 Å². The van der Waals surface area contributed by atoms with Crippen LogP contribution in [0.2, 0.25) is 0 Å². The Hall–Kier alpha value is -3.28. The van der Waals surface area contributed by atoms with E-state index in [1.54, 1.807) is 12.4 Å². The molecule has 0 unspecified atom stereocenters. The van der Waals surface area contributed by atoms with E-state index < -0.39 is 0 Å². The molecule has 6 heteroatoms. The van der Waals surface area contributed by atoms with Gasteiger partial charge >= 0.3 is 0 Å². The Balaban J connectivity index is 1.61. The average molecular weight is 371 g/mol. The molecule has 0 aromatic carbocycles. The molecule has 2 N–H and O–H groups in total. The average Bonchev–Trinajstić information content (AvgIpc) is 3.14. The number of rotatable bonds is 4. The van der Waals surface area contributed by atoms with Crippen LogP contribution in [0.4, 0.5) is 0 Å². The van der Waals surface area contributed by atoms with Gasteiger partial charge in [-0.05, 0) is 36.1 Å². The van der Waals surface area contributed by atoms with Crippen molar-refractivity contribution >= 4 is 11.8 Å². The van der Waals surface area contributed by atoms with E-state index in [2.05, 4.69) is 49.6 Å². The normalized spacial score (nSPS) is 18.5. The molecule has 0 aliphatic heterocycles. The molecule has 3 aromatic heterocycles. The van der Waals surface area contributed by atoms with Gasteiger partial charge in [-0.25, -0.2) is 0 Å². The topological polar surface area (TPSA) is 87.0 Å². The molecule has 0 amide bonds. The highest BCUT2D eigenvalue weighted by Crippen LogP contribution is 2.42. The van der Waals surface area contributed by atoms with Gasteiger partial charge < -0.3 is 5.21 Å². The summed E-state index contributed by atoms with van der Waals surface area (Å²) in [5, 5.41) is 20.9. The number of H-pyrrole nitrogens is 1. The molecule has 5 rings (SSSR count). The van der Waals surface area contributed by atoms with Crippen LogP contribution in [0.3, 0.4) is 0 Å². The summed E-state index contributed by atoms with van der Waals surface area (Å²) in [5.74, 6) is 0.300. The van der Waals surface area contributed by atoms with Crippen molar-refractivity contribution < 1.29 is 5.21 Å². The van der Waals surface area contributed by atoms with Crippen LogP contribution in [0.25, 0.3) is 6.08 Å². The highest BCUT2D eigenvalue weighted by molar-refractivity contribution is 6.03. The first-order valence-corrected chi connectivity index (χ1v) is 9.61. The van der Waals surface area contributed by atoms with Crippen molar-refractivity contribution in [2.75, 3.05) is 0 Å². The maximum atomic E-state index is 9.59. The van der Waals surface area contributed by atoms with E-state index in [-0.39, 0.29) is 5.41 Å². The van der Waals surface area contributed by atoms with E-state index in [0.717, 1.165) is 40.9 Å². The first-order chi connectivity index (χ1) is 13.8. The zero-order chi connectivity index (χ0) is 19.0. The number of pyridine rings is 2. The van der Waals surface area contributed by atoms with Crippen LogP contribution in [0, 0.1) is 5.92 Å². The zero-order valence-electron chi connectivity index (χ0n) is 15.4. The van der Waals surface area contributed by atoms with Crippen LogP contribution in [0.5, 0.6) is 0 Å². The predicted octanol–water partition coefficient (Wildman–Crippen LogP) is 3.73. The fourth-order valence-corrected chi connectivity index (χ4v) is 4.28. The van der Waals surface area contributed by atoms with Crippen LogP contribution in [-0.2, 0) is 11.8 Å². The molecular weight excluding hydrogens is 350 g/mol. The van der Waals surface area contributed by atoms with Crippen LogP contribution < -0.4 is 0 Å². The third-order valence-electron chi connectivity index (χ3n) is 6.07. The number of aromatic nitrogens is 4. The summed E-state index contributed by atoms with van der Waals surface area (Å²) in [6, 6.07) is 8.12. The Kier molecular flexibility index (Phi) is 4.04. The Morgan fingerprint density at radius 2 is 1.82 bits per heavy atom. The number of aromatic amines is 1. The molecule has 1 fully saturated rings. The first-order valence-electron chi connectivity index (χ1n) is 9.61. The third kappa shape index (κ3) is 2.56. The van der Waals surface area contributed by atoms with E-state index in [9.17, 15) is 5.21 Å². The quantitative estimate of drug-likeness (QED) is 0.416. The minimum absolute atomic E-state index is 0.300. The lowest BCUT2D eigenvalue weighted by molar-refractivity contribution is 0.305. The lowest BCUT2D eigenvalue weighted by atomic mass is 9.69. The summed E-state index contributed by atoms with van der Waals surface area (Å²) < 4.78 is 0. The second-order valence-corrected chi connectivity index (χ2v) is 7.54. The second kappa shape index (κ2) is 6.71. The van der Waals surface area contributed by atoms with Crippen molar-refractivity contribution in [3.05, 3.63) is 83.2 Å². The summed E-state index contributed by atoms with van der Waals surface area (Å²) in [7, 11) is 0. The third-order valence-corrected chi connectivity index (χ3v) is 6.07. The molecule has 140 valence electrons. The number of oxime groups is 1. The van der Waals surface area contributed by atoms with Gasteiger partial charge in [0, 0.05) is 53.8 Å². The molecule has 1 saturated carbocycles. The lowest BCUT2D eigenvalue weighted by Gasteiger charge is -2.34. The molecule has 2 aliphatic carbocycles. The molecule has 0 spiro atoms. The predicted molar refractivity (Wildman–Crippen MR) is 106 cm³/mol. The fourth-order valence-electron chi connectivity index (χ4n) is 4.28. The van der Waals surface area contributed by atoms with E-state index >= 15 is 0 Å². The highest BCUT2D eigenvalue weighted by atomic mass is 16.4. The van der Waals surface area contributed by atoms with E-state index in [1.165, 1.54) is 6.42 Å². The summed E-state index contributed by atoms with van der Waals surface area (Å²) >= 11 is 0. The van der Waals surface area contributed by atoms with Gasteiger partial charge in [-0.1, -0.05) is 35.9 Å². The van der Waals surface area contributed by atoms with Gasteiger partial charge in [0.1, 0.15) is 11.4 Å². The molecule has 0 saturated heterocycles. The first kappa shape index (κ1) is 16.9. The van der Waals surface area contributed by atoms with Crippen LogP contribution in [0.1, 0.15) is 47.3 Å². The molecule has 0 bridgehead atoms. The van der Waals surface area contributed by atoms with Gasteiger partial charge in [0.25, 0.3) is 0 Å². The van der Waals surface area contributed by atoms with Crippen molar-refractivity contribution in [3.8, 4) is 0 Å². The van der Waals surface area contributed by atoms with Crippen molar-refractivity contribution in [3.63, 3.8) is 0 Å². The molecule has 0 atom stereocenters. The van der Waals surface area contributed by atoms with Crippen molar-refractivity contribution in [1.82, 2.24) is 20.2 Å². The van der Waals surface area contributed by atoms with Crippen molar-refractivity contribution in [1.29, 1.82) is 0 Å². The molecule has 3 aromatic rings. The molecular formula is C22H21N5O. The fraction of sp³-hybridized carbons (Fsp3) is 0.273. The highest BCUT2D eigenvalue weighted by Gasteiger charge is 2.38. The molecule has 0 radical (unpaired) electrons. The number of nitrogens with one attached hydrogen (secondary N) is 1. The summed E-state index contributed by atoms with van der Waals surface area (Å²) in [6.45, 7) is 0. The number of fused-ring (bicyclic) bond motifs is 1. The van der Waals surface area contributed by atoms with Crippen LogP contribution in [0.15, 0.2) is 60.3 Å². The SMILES string of the molecule is O/N=C(/c1n[nH]c2c1C=CC(c1cccnc1)(c1cccnc1)C2)C1CCC1. The van der Waals surface area contributed by atoms with Gasteiger partial charge in [-0.3, -0.25) is 15.1 Å². The van der Waals surface area contributed by atoms with Crippen LogP contribution >= 0.6 is 0 Å². The van der Waals surface area contributed by atoms with Crippen LogP contribution in [-0.4, -0.2) is 31.1 Å². The number of nitrogens with zero attached hydrogens (tertiary/aromatic N) is 4. The van der Waals surface area contributed by atoms with Gasteiger partial charge in [-0.2, -0.15) is 5.10 Å². The number of hydrogen-bond acceptors (Lipinski definition) is 5. The van der Waals surface area contributed by atoms with Gasteiger partial charge in [0.05, 0.1) is 0 Å². The number of allylic oxidation sites excluding steroid dienone is 1. The Bertz CT molecular complexity index is 996. The summed E-state index contributed by atoms with van der Waals surface area (Å²) in [5.41, 5.74) is 5.36. The Morgan fingerprint density at radius 1 is 1.11 bits per heavy atom. The summed E-state index contributed by atoms with van der Waals surface area (Å²) in [4.78, 5) is 8.69. The summed E-state index contributed by atoms with van der Waals surface area (Å²) in [6.07, 6.45) is 15.7. The zero-order valence-corrected chi connectivity index (χ0v) is 15.4. The number of hydrogen-bond donors (Lipinski definition) is 2. The van der Waals surface area contributed by atoms with E-state index in [0.29, 0.717) is 18.1 Å². The monoisotopic (exact) mass is 371 g/mol. The lowest BCUT2D eigenvalue weighted by Crippen LogP contribution is -2.31. The van der Waals surface area contributed by atoms with Gasteiger partial charge in [0.2, 0.25) is 0 Å². The molecule has 2 aliphatic rings. The van der Waals surface area contributed by atoms with Crippen molar-refractivity contribution in [2.45, 2.75) is 31.1 Å². The van der Waals surface area contributed by atoms with Gasteiger partial charge in [0.15, 0.2) is 0 Å². The Labute approximate surface area is 163 Å². The maximum Gasteiger partial charge on any atom is 0.117 e. The Morgan fingerprint density at radius 3 is 2.36 bits per heavy atom. The molecule has 6 nitrogen and oxygen atoms in total. The minimum atomic E-state index is -0.369. The largest absolute Gasteiger partial charge is 0.411 e. The minimum Gasteiger partial charge on any atom is -0.411 e. The van der Waals surface area contributed by atoms with Crippen molar-refractivity contribution in [2.24, 2.45) is 11.1 Å². The maximum absolute atomic E-state index is 9.59. The standard InChI is InChI=1S/C22H21N5O/c28-27-20(15-4-1-5-15)21-18-8-9-22(12-19(18)25-26-21,16-6-2-10-23-13-16)17-7-3-11-24-14-17/h2-3,6-11,13-15,28H,1,4-5,12H2,(H,25,26)/b27-20+. The van der Waals surface area contributed by atoms with E-state index in [4.69, 9.17) is 0 Å². The van der Waals surface area contributed by atoms with E-state index in [1.807, 2.05) is 24.5 Å².